The molecule has 3 rings (SSSR count). The Hall–Kier alpha value is -3.33. The van der Waals surface area contributed by atoms with Crippen LogP contribution in [0.25, 0.3) is 6.08 Å². The van der Waals surface area contributed by atoms with Gasteiger partial charge in [-0.15, -0.1) is 0 Å². The van der Waals surface area contributed by atoms with Crippen molar-refractivity contribution in [2.75, 3.05) is 11.5 Å². The normalized spacial score (nSPS) is 16.1. The number of aliphatic carboxylic acids is 1. The van der Waals surface area contributed by atoms with Gasteiger partial charge in [-0.3, -0.25) is 9.59 Å². The number of halogens is 1. The summed E-state index contributed by atoms with van der Waals surface area (Å²) in [6.45, 7) is 3.46. The van der Waals surface area contributed by atoms with Crippen LogP contribution in [0.2, 0.25) is 0 Å². The van der Waals surface area contributed by atoms with Gasteiger partial charge < -0.3 is 14.6 Å². The molecule has 1 fully saturated rings. The van der Waals surface area contributed by atoms with Gasteiger partial charge in [-0.1, -0.05) is 18.2 Å². The Morgan fingerprint density at radius 2 is 1.97 bits per heavy atom. The van der Waals surface area contributed by atoms with E-state index in [0.717, 1.165) is 4.90 Å². The summed E-state index contributed by atoms with van der Waals surface area (Å²) in [5.41, 5.74) is 0.428. The number of hydrogen-bond donors (Lipinski definition) is 1. The van der Waals surface area contributed by atoms with Crippen LogP contribution in [0.15, 0.2) is 47.4 Å². The number of carbonyl (C=O) groups is 3. The van der Waals surface area contributed by atoms with Crippen LogP contribution in [-0.2, 0) is 9.59 Å². The molecule has 7 nitrogen and oxygen atoms in total. The lowest BCUT2D eigenvalue weighted by Gasteiger charge is -2.15. The van der Waals surface area contributed by atoms with Crippen LogP contribution >= 0.6 is 11.8 Å². The maximum atomic E-state index is 14.0. The summed E-state index contributed by atoms with van der Waals surface area (Å²) in [5, 5.41) is 8.42. The van der Waals surface area contributed by atoms with Crippen molar-refractivity contribution in [2.45, 2.75) is 20.0 Å². The standard InChI is InChI=1S/C21H18FNO6S/c1-3-28-17-10-13(8-9-16(17)29-12(2)20(25)26)11-18-19(24)23(21(27)30-18)15-7-5-4-6-14(15)22/h4-12H,3H2,1-2H3,(H,25,26)/b18-11+. The van der Waals surface area contributed by atoms with Gasteiger partial charge in [0.1, 0.15) is 5.82 Å². The minimum absolute atomic E-state index is 0.107. The van der Waals surface area contributed by atoms with E-state index in [-0.39, 0.29) is 16.3 Å². The molecule has 1 aliphatic rings. The first kappa shape index (κ1) is 21.4. The number of imide groups is 1. The highest BCUT2D eigenvalue weighted by molar-refractivity contribution is 8.19. The molecule has 9 heteroatoms. The van der Waals surface area contributed by atoms with Gasteiger partial charge in [0, 0.05) is 0 Å². The molecule has 0 aliphatic carbocycles. The van der Waals surface area contributed by atoms with Crippen molar-refractivity contribution < 1.29 is 33.4 Å². The van der Waals surface area contributed by atoms with Gasteiger partial charge in [0.25, 0.3) is 11.1 Å². The summed E-state index contributed by atoms with van der Waals surface area (Å²) in [6.07, 6.45) is 0.408. The first-order valence-corrected chi connectivity index (χ1v) is 9.82. The fourth-order valence-electron chi connectivity index (χ4n) is 2.68. The summed E-state index contributed by atoms with van der Waals surface area (Å²) in [7, 11) is 0. The monoisotopic (exact) mass is 431 g/mol. The summed E-state index contributed by atoms with van der Waals surface area (Å²) in [5.74, 6) is -1.89. The molecule has 1 heterocycles. The van der Waals surface area contributed by atoms with E-state index >= 15 is 0 Å². The van der Waals surface area contributed by atoms with Crippen molar-refractivity contribution in [3.8, 4) is 11.5 Å². The van der Waals surface area contributed by atoms with E-state index in [2.05, 4.69) is 0 Å². The lowest BCUT2D eigenvalue weighted by atomic mass is 10.1. The number of carboxylic acid groups (broad SMARTS) is 1. The quantitative estimate of drug-likeness (QED) is 0.653. The molecular formula is C21H18FNO6S. The zero-order valence-electron chi connectivity index (χ0n) is 16.1. The number of nitrogens with zero attached hydrogens (tertiary/aromatic N) is 1. The van der Waals surface area contributed by atoms with Crippen LogP contribution in [0.4, 0.5) is 14.9 Å². The molecule has 0 radical (unpaired) electrons. The molecule has 0 bridgehead atoms. The van der Waals surface area contributed by atoms with Crippen molar-refractivity contribution in [2.24, 2.45) is 0 Å². The molecule has 0 aromatic heterocycles. The molecule has 0 saturated carbocycles. The number of amides is 2. The molecule has 1 saturated heterocycles. The topological polar surface area (TPSA) is 93.1 Å². The molecule has 0 spiro atoms. The van der Waals surface area contributed by atoms with Gasteiger partial charge in [0.15, 0.2) is 17.6 Å². The molecule has 30 heavy (non-hydrogen) atoms. The molecule has 156 valence electrons. The Morgan fingerprint density at radius 1 is 1.23 bits per heavy atom. The smallest absolute Gasteiger partial charge is 0.344 e. The van der Waals surface area contributed by atoms with Crippen molar-refractivity contribution in [1.82, 2.24) is 0 Å². The van der Waals surface area contributed by atoms with Gasteiger partial charge in [-0.2, -0.15) is 0 Å². The second-order valence-corrected chi connectivity index (χ2v) is 7.20. The number of para-hydroxylation sites is 1. The van der Waals surface area contributed by atoms with Gasteiger partial charge in [0.05, 0.1) is 17.2 Å². The average molecular weight is 431 g/mol. The van der Waals surface area contributed by atoms with E-state index < -0.39 is 29.0 Å². The Morgan fingerprint density at radius 3 is 2.63 bits per heavy atom. The molecular weight excluding hydrogens is 413 g/mol. The second kappa shape index (κ2) is 9.00. The summed E-state index contributed by atoms with van der Waals surface area (Å²) < 4.78 is 24.9. The number of anilines is 1. The van der Waals surface area contributed by atoms with Crippen molar-refractivity contribution in [3.63, 3.8) is 0 Å². The van der Waals surface area contributed by atoms with Crippen LogP contribution in [0.1, 0.15) is 19.4 Å². The van der Waals surface area contributed by atoms with Crippen LogP contribution < -0.4 is 14.4 Å². The molecule has 1 aliphatic heterocycles. The third-order valence-corrected chi connectivity index (χ3v) is 4.97. The third-order valence-electron chi connectivity index (χ3n) is 4.10. The highest BCUT2D eigenvalue weighted by atomic mass is 32.2. The lowest BCUT2D eigenvalue weighted by molar-refractivity contribution is -0.144. The van der Waals surface area contributed by atoms with Crippen LogP contribution in [-0.4, -0.2) is 34.9 Å². The van der Waals surface area contributed by atoms with Crippen LogP contribution in [0.5, 0.6) is 11.5 Å². The zero-order valence-corrected chi connectivity index (χ0v) is 16.9. The van der Waals surface area contributed by atoms with Gasteiger partial charge >= 0.3 is 5.97 Å². The predicted molar refractivity (Wildman–Crippen MR) is 110 cm³/mol. The van der Waals surface area contributed by atoms with E-state index in [4.69, 9.17) is 14.6 Å². The van der Waals surface area contributed by atoms with E-state index in [1.54, 1.807) is 19.1 Å². The maximum Gasteiger partial charge on any atom is 0.344 e. The van der Waals surface area contributed by atoms with Gasteiger partial charge in [-0.05, 0) is 61.5 Å². The fourth-order valence-corrected chi connectivity index (χ4v) is 3.52. The molecule has 2 aromatic carbocycles. The Labute approximate surface area is 176 Å². The van der Waals surface area contributed by atoms with E-state index in [0.29, 0.717) is 29.7 Å². The minimum atomic E-state index is -1.12. The van der Waals surface area contributed by atoms with E-state index in [1.807, 2.05) is 0 Å². The van der Waals surface area contributed by atoms with E-state index in [9.17, 15) is 18.8 Å². The summed E-state index contributed by atoms with van der Waals surface area (Å²) in [6, 6.07) is 10.2. The van der Waals surface area contributed by atoms with Crippen LogP contribution in [0, 0.1) is 5.82 Å². The number of hydrogen-bond acceptors (Lipinski definition) is 6. The van der Waals surface area contributed by atoms with Gasteiger partial charge in [-0.25, -0.2) is 14.1 Å². The highest BCUT2D eigenvalue weighted by Crippen LogP contribution is 2.38. The molecule has 1 atom stereocenters. The number of rotatable bonds is 7. The number of ether oxygens (including phenoxy) is 2. The summed E-state index contributed by atoms with van der Waals surface area (Å²) >= 11 is 0.700. The minimum Gasteiger partial charge on any atom is -0.490 e. The number of carbonyl (C=O) groups excluding carboxylic acids is 2. The van der Waals surface area contributed by atoms with Gasteiger partial charge in [0.2, 0.25) is 0 Å². The van der Waals surface area contributed by atoms with Crippen molar-refractivity contribution in [1.29, 1.82) is 0 Å². The fraction of sp³-hybridized carbons (Fsp3) is 0.190. The molecule has 1 unspecified atom stereocenters. The van der Waals surface area contributed by atoms with Crippen molar-refractivity contribution >= 4 is 40.6 Å². The first-order valence-electron chi connectivity index (χ1n) is 9.00. The number of benzene rings is 2. The zero-order chi connectivity index (χ0) is 21.8. The second-order valence-electron chi connectivity index (χ2n) is 6.21. The van der Waals surface area contributed by atoms with E-state index in [1.165, 1.54) is 43.3 Å². The Balaban J connectivity index is 1.90. The summed E-state index contributed by atoms with van der Waals surface area (Å²) in [4.78, 5) is 37.0. The van der Waals surface area contributed by atoms with Crippen LogP contribution in [0.3, 0.4) is 0 Å². The Kier molecular flexibility index (Phi) is 6.41. The predicted octanol–water partition coefficient (Wildman–Crippen LogP) is 4.32. The lowest BCUT2D eigenvalue weighted by Crippen LogP contribution is -2.28. The Bertz CT molecular complexity index is 1040. The maximum absolute atomic E-state index is 14.0. The molecule has 1 N–H and O–H groups in total. The third kappa shape index (κ3) is 4.46. The highest BCUT2D eigenvalue weighted by Gasteiger charge is 2.37. The van der Waals surface area contributed by atoms with Crippen molar-refractivity contribution in [3.05, 3.63) is 58.8 Å². The number of thioether (sulfide) groups is 1. The largest absolute Gasteiger partial charge is 0.490 e. The molecule has 2 aromatic rings. The number of carboxylic acids is 1. The molecule has 2 amide bonds. The first-order chi connectivity index (χ1) is 14.3. The average Bonchev–Trinajstić information content (AvgIpc) is 2.97. The SMILES string of the molecule is CCOc1cc(/C=C2/SC(=O)N(c3ccccc3F)C2=O)ccc1OC(C)C(=O)O.